The largest absolute Gasteiger partial charge is 0.444 e. The molecule has 2 rings (SSSR count). The number of hydrogen-bond acceptors (Lipinski definition) is 4. The van der Waals surface area contributed by atoms with Crippen LogP contribution in [-0.4, -0.2) is 91.8 Å². The van der Waals surface area contributed by atoms with Gasteiger partial charge >= 0.3 is 6.09 Å². The van der Waals surface area contributed by atoms with Crippen LogP contribution in [-0.2, 0) is 4.74 Å². The Kier molecular flexibility index (Phi) is 7.77. The molecule has 2 fully saturated rings. The van der Waals surface area contributed by atoms with Gasteiger partial charge in [-0.05, 0) is 59.0 Å². The molecule has 0 radical (unpaired) electrons. The quantitative estimate of drug-likeness (QED) is 0.585. The van der Waals surface area contributed by atoms with Crippen LogP contribution in [0.4, 0.5) is 4.79 Å². The van der Waals surface area contributed by atoms with Crippen molar-refractivity contribution in [2.24, 2.45) is 10.9 Å². The zero-order valence-corrected chi connectivity index (χ0v) is 18.1. The Hall–Kier alpha value is -1.50. The maximum Gasteiger partial charge on any atom is 0.410 e. The lowest BCUT2D eigenvalue weighted by Gasteiger charge is -2.28. The van der Waals surface area contributed by atoms with E-state index in [2.05, 4.69) is 27.0 Å². The lowest BCUT2D eigenvalue weighted by Crippen LogP contribution is -2.45. The highest BCUT2D eigenvalue weighted by Gasteiger charge is 2.30. The molecule has 0 bridgehead atoms. The molecule has 0 spiro atoms. The summed E-state index contributed by atoms with van der Waals surface area (Å²) in [6.07, 6.45) is 3.63. The predicted molar refractivity (Wildman–Crippen MR) is 110 cm³/mol. The minimum atomic E-state index is -0.462. The molecular weight excluding hydrogens is 342 g/mol. The zero-order valence-electron chi connectivity index (χ0n) is 18.1. The van der Waals surface area contributed by atoms with E-state index in [-0.39, 0.29) is 6.09 Å². The van der Waals surface area contributed by atoms with E-state index < -0.39 is 5.60 Å². The van der Waals surface area contributed by atoms with Crippen molar-refractivity contribution in [2.75, 3.05) is 53.4 Å². The van der Waals surface area contributed by atoms with E-state index in [9.17, 15) is 4.79 Å². The lowest BCUT2D eigenvalue weighted by atomic mass is 10.1. The first-order chi connectivity index (χ1) is 12.7. The fourth-order valence-electron chi connectivity index (χ4n) is 3.88. The summed E-state index contributed by atoms with van der Waals surface area (Å²) in [5.74, 6) is 1.28. The van der Waals surface area contributed by atoms with Gasteiger partial charge in [0.15, 0.2) is 5.96 Å². The molecule has 0 aromatic heterocycles. The molecule has 27 heavy (non-hydrogen) atoms. The third-order valence-electron chi connectivity index (χ3n) is 5.23. The molecule has 0 aromatic rings. The Balaban J connectivity index is 1.74. The maximum absolute atomic E-state index is 12.1. The van der Waals surface area contributed by atoms with Crippen molar-refractivity contribution in [3.8, 4) is 0 Å². The first-order valence-corrected chi connectivity index (χ1v) is 10.3. The molecule has 1 N–H and O–H groups in total. The number of nitrogens with zero attached hydrogens (tertiary/aromatic N) is 4. The summed E-state index contributed by atoms with van der Waals surface area (Å²) >= 11 is 0. The second-order valence-corrected chi connectivity index (χ2v) is 9.03. The van der Waals surface area contributed by atoms with E-state index >= 15 is 0 Å². The second-order valence-electron chi connectivity index (χ2n) is 9.03. The molecule has 2 heterocycles. The fourth-order valence-corrected chi connectivity index (χ4v) is 3.88. The molecule has 2 aliphatic heterocycles. The van der Waals surface area contributed by atoms with Crippen LogP contribution in [0.25, 0.3) is 0 Å². The minimum Gasteiger partial charge on any atom is -0.444 e. The molecule has 2 atom stereocenters. The van der Waals surface area contributed by atoms with E-state index in [1.54, 1.807) is 11.9 Å². The van der Waals surface area contributed by atoms with Crippen LogP contribution in [0.1, 0.15) is 47.0 Å². The first kappa shape index (κ1) is 21.8. The van der Waals surface area contributed by atoms with E-state index in [0.29, 0.717) is 18.5 Å². The maximum atomic E-state index is 12.1. The Morgan fingerprint density at radius 1 is 1.30 bits per heavy atom. The Bertz CT molecular complexity index is 511. The summed E-state index contributed by atoms with van der Waals surface area (Å²) in [5.41, 5.74) is -0.462. The number of amides is 1. The van der Waals surface area contributed by atoms with Gasteiger partial charge in [0.1, 0.15) is 5.60 Å². The number of likely N-dealkylation sites (tertiary alicyclic amines) is 2. The summed E-state index contributed by atoms with van der Waals surface area (Å²) in [4.78, 5) is 23.2. The highest BCUT2D eigenvalue weighted by molar-refractivity contribution is 5.80. The van der Waals surface area contributed by atoms with Crippen LogP contribution in [0.5, 0.6) is 0 Å². The highest BCUT2D eigenvalue weighted by Crippen LogP contribution is 2.20. The summed E-state index contributed by atoms with van der Waals surface area (Å²) in [5, 5.41) is 3.49. The van der Waals surface area contributed by atoms with Gasteiger partial charge in [-0.15, -0.1) is 0 Å². The summed E-state index contributed by atoms with van der Waals surface area (Å²) in [6, 6.07) is 0.668. The molecule has 156 valence electrons. The lowest BCUT2D eigenvalue weighted by molar-refractivity contribution is 0.0278. The first-order valence-electron chi connectivity index (χ1n) is 10.3. The van der Waals surface area contributed by atoms with Crippen LogP contribution < -0.4 is 5.32 Å². The average molecular weight is 382 g/mol. The van der Waals surface area contributed by atoms with Crippen molar-refractivity contribution in [1.29, 1.82) is 0 Å². The van der Waals surface area contributed by atoms with Gasteiger partial charge in [0, 0.05) is 46.3 Å². The van der Waals surface area contributed by atoms with Crippen molar-refractivity contribution in [2.45, 2.75) is 58.6 Å². The zero-order chi connectivity index (χ0) is 20.0. The van der Waals surface area contributed by atoms with Crippen molar-refractivity contribution in [3.63, 3.8) is 0 Å². The SMILES string of the molecule is CN=C(NCC(C)CN(C)C(=O)OC(C)(C)C)N1CCC(N2CCCC2)C1. The van der Waals surface area contributed by atoms with Crippen molar-refractivity contribution >= 4 is 12.1 Å². The van der Waals surface area contributed by atoms with Crippen molar-refractivity contribution in [1.82, 2.24) is 20.0 Å². The number of aliphatic imine (C=N–C) groups is 1. The topological polar surface area (TPSA) is 60.4 Å². The van der Waals surface area contributed by atoms with Crippen molar-refractivity contribution < 1.29 is 9.53 Å². The minimum absolute atomic E-state index is 0.272. The van der Waals surface area contributed by atoms with Crippen LogP contribution in [0.15, 0.2) is 4.99 Å². The van der Waals surface area contributed by atoms with Gasteiger partial charge in [0.2, 0.25) is 0 Å². The third kappa shape index (κ3) is 6.87. The Labute approximate surface area is 165 Å². The van der Waals surface area contributed by atoms with Gasteiger partial charge in [0.05, 0.1) is 0 Å². The molecular formula is C20H39N5O2. The van der Waals surface area contributed by atoms with Gasteiger partial charge in [-0.3, -0.25) is 9.89 Å². The summed E-state index contributed by atoms with van der Waals surface area (Å²) < 4.78 is 5.42. The van der Waals surface area contributed by atoms with Gasteiger partial charge in [-0.25, -0.2) is 4.79 Å². The highest BCUT2D eigenvalue weighted by atomic mass is 16.6. The van der Waals surface area contributed by atoms with Crippen LogP contribution in [0, 0.1) is 5.92 Å². The fraction of sp³-hybridized carbons (Fsp3) is 0.900. The number of guanidine groups is 1. The summed E-state index contributed by atoms with van der Waals surface area (Å²) in [6.45, 7) is 13.9. The number of carbonyl (C=O) groups is 1. The van der Waals surface area contributed by atoms with Gasteiger partial charge < -0.3 is 19.9 Å². The van der Waals surface area contributed by atoms with Gasteiger partial charge in [-0.1, -0.05) is 6.92 Å². The predicted octanol–water partition coefficient (Wildman–Crippen LogP) is 2.23. The van der Waals surface area contributed by atoms with E-state index in [0.717, 1.165) is 25.6 Å². The molecule has 7 heteroatoms. The number of carbonyl (C=O) groups excluding carboxylic acids is 1. The Morgan fingerprint density at radius 2 is 1.96 bits per heavy atom. The standard InChI is InChI=1S/C20H39N5O2/c1-16(14-23(6)19(26)27-20(2,3)4)13-22-18(21-5)25-12-9-17(15-25)24-10-7-8-11-24/h16-17H,7-15H2,1-6H3,(H,21,22). The van der Waals surface area contributed by atoms with Gasteiger partial charge in [-0.2, -0.15) is 0 Å². The molecule has 2 unspecified atom stereocenters. The normalized spacial score (nSPS) is 22.8. The number of nitrogens with one attached hydrogen (secondary N) is 1. The number of rotatable bonds is 5. The van der Waals surface area contributed by atoms with Crippen LogP contribution in [0.3, 0.4) is 0 Å². The van der Waals surface area contributed by atoms with E-state index in [1.807, 2.05) is 27.8 Å². The molecule has 0 aliphatic carbocycles. The van der Waals surface area contributed by atoms with Crippen LogP contribution >= 0.6 is 0 Å². The number of ether oxygens (including phenoxy) is 1. The van der Waals surface area contributed by atoms with Gasteiger partial charge in [0.25, 0.3) is 0 Å². The van der Waals surface area contributed by atoms with Crippen molar-refractivity contribution in [3.05, 3.63) is 0 Å². The average Bonchev–Trinajstić information content (AvgIpc) is 3.25. The van der Waals surface area contributed by atoms with E-state index in [4.69, 9.17) is 4.74 Å². The molecule has 0 saturated carbocycles. The molecule has 2 aliphatic rings. The summed E-state index contributed by atoms with van der Waals surface area (Å²) in [7, 11) is 3.64. The molecule has 2 saturated heterocycles. The van der Waals surface area contributed by atoms with E-state index in [1.165, 1.54) is 32.4 Å². The third-order valence-corrected chi connectivity index (χ3v) is 5.23. The molecule has 0 aromatic carbocycles. The van der Waals surface area contributed by atoms with Crippen LogP contribution in [0.2, 0.25) is 0 Å². The smallest absolute Gasteiger partial charge is 0.410 e. The second kappa shape index (κ2) is 9.62. The molecule has 1 amide bonds. The monoisotopic (exact) mass is 381 g/mol. The number of hydrogen-bond donors (Lipinski definition) is 1. The molecule has 7 nitrogen and oxygen atoms in total. The Morgan fingerprint density at radius 3 is 2.56 bits per heavy atom.